The summed E-state index contributed by atoms with van der Waals surface area (Å²) in [5.41, 5.74) is 2.94. The molecule has 0 radical (unpaired) electrons. The van der Waals surface area contributed by atoms with Gasteiger partial charge in [-0.3, -0.25) is 9.69 Å². The van der Waals surface area contributed by atoms with Crippen LogP contribution in [0.2, 0.25) is 0 Å². The van der Waals surface area contributed by atoms with E-state index in [1.807, 2.05) is 55.3 Å². The smallest absolute Gasteiger partial charge is 0.239 e. The molecule has 156 valence electrons. The van der Waals surface area contributed by atoms with Gasteiger partial charge in [0.25, 0.3) is 0 Å². The molecule has 6 heteroatoms. The van der Waals surface area contributed by atoms with E-state index < -0.39 is 0 Å². The van der Waals surface area contributed by atoms with E-state index in [4.69, 9.17) is 9.72 Å². The Kier molecular flexibility index (Phi) is 6.35. The molecule has 4 rings (SSSR count). The van der Waals surface area contributed by atoms with Crippen LogP contribution in [0.1, 0.15) is 13.3 Å². The molecule has 1 atom stereocenters. The maximum Gasteiger partial charge on any atom is 0.239 e. The predicted molar refractivity (Wildman–Crippen MR) is 124 cm³/mol. The molecule has 30 heavy (non-hydrogen) atoms. The number of halogens is 1. The zero-order chi connectivity index (χ0) is 21.1. The van der Waals surface area contributed by atoms with Crippen molar-refractivity contribution in [3.05, 3.63) is 59.1 Å². The highest BCUT2D eigenvalue weighted by molar-refractivity contribution is 9.10. The second-order valence-corrected chi connectivity index (χ2v) is 8.65. The fourth-order valence-corrected chi connectivity index (χ4v) is 4.20. The Morgan fingerprint density at radius 2 is 2.00 bits per heavy atom. The monoisotopic (exact) mass is 467 g/mol. The van der Waals surface area contributed by atoms with Gasteiger partial charge < -0.3 is 9.64 Å². The summed E-state index contributed by atoms with van der Waals surface area (Å²) in [6.45, 7) is 5.18. The largest absolute Gasteiger partial charge is 0.494 e. The van der Waals surface area contributed by atoms with Crippen molar-refractivity contribution in [2.45, 2.75) is 19.4 Å². The molecular formula is C24H26BrN3O2. The van der Waals surface area contributed by atoms with Crippen LogP contribution in [-0.4, -0.2) is 60.0 Å². The van der Waals surface area contributed by atoms with Gasteiger partial charge in [0, 0.05) is 42.1 Å². The fourth-order valence-electron chi connectivity index (χ4n) is 3.82. The molecule has 1 fully saturated rings. The van der Waals surface area contributed by atoms with Crippen LogP contribution in [0, 0.1) is 0 Å². The zero-order valence-electron chi connectivity index (χ0n) is 17.3. The van der Waals surface area contributed by atoms with E-state index >= 15 is 0 Å². The summed E-state index contributed by atoms with van der Waals surface area (Å²) in [7, 11) is 1.87. The Hall–Kier alpha value is -2.44. The number of fused-ring (bicyclic) bond motifs is 1. The molecule has 0 aliphatic carbocycles. The van der Waals surface area contributed by atoms with E-state index in [9.17, 15) is 4.79 Å². The molecule has 0 N–H and O–H groups in total. The van der Waals surface area contributed by atoms with Crippen LogP contribution < -0.4 is 4.74 Å². The number of carbonyl (C=O) groups is 1. The molecule has 1 aliphatic rings. The zero-order valence-corrected chi connectivity index (χ0v) is 18.9. The van der Waals surface area contributed by atoms with Gasteiger partial charge in [0.15, 0.2) is 0 Å². The molecule has 1 aromatic heterocycles. The first-order chi connectivity index (χ1) is 14.5. The lowest BCUT2D eigenvalue weighted by molar-refractivity contribution is -0.139. The predicted octanol–water partition coefficient (Wildman–Crippen LogP) is 4.60. The molecule has 0 spiro atoms. The van der Waals surface area contributed by atoms with E-state index in [1.165, 1.54) is 0 Å². The first-order valence-electron chi connectivity index (χ1n) is 10.3. The SMILES string of the molecule is C[C@@H]1C(=O)N(C)CCN1CCCOc1cccc(-c2ccc3cc(Br)ccc3n2)c1. The number of ether oxygens (including phenoxy) is 1. The standard InChI is InChI=1S/C24H26BrN3O2/c1-17-24(29)27(2)12-13-28(17)11-4-14-30-21-6-3-5-18(16-21)22-9-7-19-15-20(25)8-10-23(19)26-22/h3,5-10,15-17H,4,11-14H2,1-2H3/t17-/m1/s1. The maximum atomic E-state index is 12.1. The summed E-state index contributed by atoms with van der Waals surface area (Å²) in [5, 5.41) is 1.11. The van der Waals surface area contributed by atoms with Crippen molar-refractivity contribution in [2.75, 3.05) is 33.3 Å². The Morgan fingerprint density at radius 3 is 2.87 bits per heavy atom. The second kappa shape index (κ2) is 9.14. The molecule has 0 saturated carbocycles. The summed E-state index contributed by atoms with van der Waals surface area (Å²) < 4.78 is 7.04. The maximum absolute atomic E-state index is 12.1. The molecular weight excluding hydrogens is 442 g/mol. The summed E-state index contributed by atoms with van der Waals surface area (Å²) >= 11 is 3.50. The molecule has 1 saturated heterocycles. The minimum atomic E-state index is -0.0494. The number of likely N-dealkylation sites (N-methyl/N-ethyl adjacent to an activating group) is 1. The molecule has 1 aliphatic heterocycles. The van der Waals surface area contributed by atoms with Crippen LogP contribution in [0.5, 0.6) is 5.75 Å². The minimum Gasteiger partial charge on any atom is -0.494 e. The van der Waals surface area contributed by atoms with Gasteiger partial charge >= 0.3 is 0 Å². The van der Waals surface area contributed by atoms with Gasteiger partial charge in [0.05, 0.1) is 23.9 Å². The minimum absolute atomic E-state index is 0.0494. The van der Waals surface area contributed by atoms with E-state index in [1.54, 1.807) is 0 Å². The van der Waals surface area contributed by atoms with Gasteiger partial charge in [-0.05, 0) is 49.7 Å². The molecule has 1 amide bonds. The van der Waals surface area contributed by atoms with Crippen molar-refractivity contribution in [1.82, 2.24) is 14.8 Å². The highest BCUT2D eigenvalue weighted by Gasteiger charge is 2.28. The fraction of sp³-hybridized carbons (Fsp3) is 0.333. The van der Waals surface area contributed by atoms with Crippen LogP contribution in [0.4, 0.5) is 0 Å². The van der Waals surface area contributed by atoms with Gasteiger partial charge in [-0.15, -0.1) is 0 Å². The van der Waals surface area contributed by atoms with Crippen LogP contribution in [0.25, 0.3) is 22.2 Å². The molecule has 5 nitrogen and oxygen atoms in total. The number of pyridine rings is 1. The normalized spacial score (nSPS) is 17.5. The second-order valence-electron chi connectivity index (χ2n) is 7.74. The van der Waals surface area contributed by atoms with Crippen molar-refractivity contribution in [3.63, 3.8) is 0 Å². The molecule has 2 aromatic carbocycles. The van der Waals surface area contributed by atoms with E-state index in [0.29, 0.717) is 6.61 Å². The van der Waals surface area contributed by atoms with E-state index in [-0.39, 0.29) is 11.9 Å². The summed E-state index contributed by atoms with van der Waals surface area (Å²) in [6, 6.07) is 18.2. The number of nitrogens with zero attached hydrogens (tertiary/aromatic N) is 3. The number of piperazine rings is 1. The Morgan fingerprint density at radius 1 is 1.13 bits per heavy atom. The number of rotatable bonds is 6. The summed E-state index contributed by atoms with van der Waals surface area (Å²) in [4.78, 5) is 20.9. The first kappa shape index (κ1) is 20.8. The lowest BCUT2D eigenvalue weighted by Crippen LogP contribution is -2.54. The number of benzene rings is 2. The van der Waals surface area contributed by atoms with Crippen molar-refractivity contribution in [2.24, 2.45) is 0 Å². The third-order valence-corrected chi connectivity index (χ3v) is 6.14. The van der Waals surface area contributed by atoms with Crippen LogP contribution in [-0.2, 0) is 4.79 Å². The number of hydrogen-bond donors (Lipinski definition) is 0. The summed E-state index contributed by atoms with van der Waals surface area (Å²) in [6.07, 6.45) is 0.884. The third kappa shape index (κ3) is 4.65. The van der Waals surface area contributed by atoms with Gasteiger partial charge in [0.1, 0.15) is 5.75 Å². The van der Waals surface area contributed by atoms with Crippen molar-refractivity contribution < 1.29 is 9.53 Å². The summed E-state index contributed by atoms with van der Waals surface area (Å²) in [5.74, 6) is 1.04. The number of carbonyl (C=O) groups excluding carboxylic acids is 1. The van der Waals surface area contributed by atoms with Crippen LogP contribution in [0.15, 0.2) is 59.1 Å². The third-order valence-electron chi connectivity index (χ3n) is 5.64. The van der Waals surface area contributed by atoms with Crippen LogP contribution in [0.3, 0.4) is 0 Å². The van der Waals surface area contributed by atoms with Gasteiger partial charge in [-0.2, -0.15) is 0 Å². The van der Waals surface area contributed by atoms with Gasteiger partial charge in [-0.1, -0.05) is 34.1 Å². The van der Waals surface area contributed by atoms with E-state index in [2.05, 4.69) is 39.0 Å². The van der Waals surface area contributed by atoms with Crippen molar-refractivity contribution >= 4 is 32.7 Å². The molecule has 2 heterocycles. The Labute approximate surface area is 185 Å². The molecule has 3 aromatic rings. The highest BCUT2D eigenvalue weighted by Crippen LogP contribution is 2.26. The lowest BCUT2D eigenvalue weighted by Gasteiger charge is -2.37. The van der Waals surface area contributed by atoms with Crippen molar-refractivity contribution in [1.29, 1.82) is 0 Å². The first-order valence-corrected chi connectivity index (χ1v) is 11.1. The quantitative estimate of drug-likeness (QED) is 0.497. The van der Waals surface area contributed by atoms with Gasteiger partial charge in [0.2, 0.25) is 5.91 Å². The number of hydrogen-bond acceptors (Lipinski definition) is 4. The highest BCUT2D eigenvalue weighted by atomic mass is 79.9. The number of amides is 1. The van der Waals surface area contributed by atoms with Crippen molar-refractivity contribution in [3.8, 4) is 17.0 Å². The number of aromatic nitrogens is 1. The Bertz CT molecular complexity index is 1060. The topological polar surface area (TPSA) is 45.7 Å². The molecule has 0 unspecified atom stereocenters. The average molecular weight is 468 g/mol. The van der Waals surface area contributed by atoms with Gasteiger partial charge in [-0.25, -0.2) is 4.98 Å². The Balaban J connectivity index is 1.36. The van der Waals surface area contributed by atoms with Crippen LogP contribution >= 0.6 is 15.9 Å². The lowest BCUT2D eigenvalue weighted by atomic mass is 10.1. The molecule has 0 bridgehead atoms. The van der Waals surface area contributed by atoms with E-state index in [0.717, 1.165) is 58.4 Å². The average Bonchev–Trinajstić information content (AvgIpc) is 2.76.